The molecule has 1 amide bonds. The van der Waals surface area contributed by atoms with Crippen LogP contribution in [0.15, 0.2) is 41.4 Å². The number of aliphatic carboxylic acids is 1. The fourth-order valence-corrected chi connectivity index (χ4v) is 3.94. The number of fused-ring (bicyclic) bond motifs is 1. The molecule has 0 spiro atoms. The van der Waals surface area contributed by atoms with E-state index in [0.29, 0.717) is 0 Å². The normalized spacial score (nSPS) is 13.4. The van der Waals surface area contributed by atoms with Crippen LogP contribution < -0.4 is 9.54 Å². The highest BCUT2D eigenvalue weighted by atomic mass is 32.1. The molecule has 0 aliphatic carbocycles. The Morgan fingerprint density at radius 2 is 1.87 bits per heavy atom. The van der Waals surface area contributed by atoms with Crippen molar-refractivity contribution in [2.75, 3.05) is 0 Å². The van der Waals surface area contributed by atoms with Crippen molar-refractivity contribution in [1.82, 2.24) is 4.57 Å². The summed E-state index contributed by atoms with van der Waals surface area (Å²) in [6.45, 7) is 1.54. The molecule has 31 heavy (non-hydrogen) atoms. The summed E-state index contributed by atoms with van der Waals surface area (Å²) in [6, 6.07) is 4.57. The molecule has 0 bridgehead atoms. The van der Waals surface area contributed by atoms with Crippen LogP contribution in [0.2, 0.25) is 0 Å². The maximum absolute atomic E-state index is 13.8. The maximum Gasteiger partial charge on any atom is 0.573 e. The fourth-order valence-electron chi connectivity index (χ4n) is 2.86. The molecular formula is C19H13F5N2O4S. The number of carbonyl (C=O) groups is 2. The van der Waals surface area contributed by atoms with Crippen LogP contribution in [0.3, 0.4) is 0 Å². The molecule has 0 fully saturated rings. The number of carboxylic acids is 1. The average molecular weight is 460 g/mol. The van der Waals surface area contributed by atoms with Crippen molar-refractivity contribution in [3.05, 3.63) is 58.4 Å². The number of thiazole rings is 1. The molecule has 1 atom stereocenters. The standard InChI is InChI=1S/C19H13F5N2O4S/c1-2-13(17(28)29)26-14-7-11(20)12(21)8-15(14)31-18(26)25-16(27)9-4-3-5-10(6-9)30-19(22,23)24/h3-8,13H,2H2,1H3,(H,28,29). The molecule has 1 heterocycles. The van der Waals surface area contributed by atoms with Crippen LogP contribution >= 0.6 is 11.3 Å². The minimum Gasteiger partial charge on any atom is -0.480 e. The number of ether oxygens (including phenoxy) is 1. The van der Waals surface area contributed by atoms with Gasteiger partial charge in [-0.05, 0) is 30.7 Å². The van der Waals surface area contributed by atoms with Gasteiger partial charge < -0.3 is 14.4 Å². The molecule has 164 valence electrons. The minimum atomic E-state index is -4.96. The van der Waals surface area contributed by atoms with Gasteiger partial charge in [0.2, 0.25) is 0 Å². The lowest BCUT2D eigenvalue weighted by Gasteiger charge is -2.13. The van der Waals surface area contributed by atoms with Crippen molar-refractivity contribution in [2.45, 2.75) is 25.7 Å². The molecule has 0 saturated heterocycles. The van der Waals surface area contributed by atoms with Gasteiger partial charge in [-0.3, -0.25) is 4.79 Å². The highest BCUT2D eigenvalue weighted by Gasteiger charge is 2.31. The van der Waals surface area contributed by atoms with Crippen LogP contribution in [-0.4, -0.2) is 27.9 Å². The van der Waals surface area contributed by atoms with Crippen molar-refractivity contribution in [3.63, 3.8) is 0 Å². The Hall–Kier alpha value is -3.28. The van der Waals surface area contributed by atoms with Crippen molar-refractivity contribution in [2.24, 2.45) is 4.99 Å². The van der Waals surface area contributed by atoms with Crippen LogP contribution in [0.4, 0.5) is 22.0 Å². The Labute approximate surface area is 174 Å². The summed E-state index contributed by atoms with van der Waals surface area (Å²) in [4.78, 5) is 27.9. The zero-order valence-corrected chi connectivity index (χ0v) is 16.4. The molecule has 1 aromatic heterocycles. The molecule has 0 saturated carbocycles. The third kappa shape index (κ3) is 4.90. The second kappa shape index (κ2) is 8.46. The van der Waals surface area contributed by atoms with Gasteiger partial charge in [0, 0.05) is 11.6 Å². The molecule has 0 aliphatic rings. The van der Waals surface area contributed by atoms with Crippen LogP contribution in [0.5, 0.6) is 5.75 Å². The van der Waals surface area contributed by atoms with E-state index in [1.54, 1.807) is 6.92 Å². The summed E-state index contributed by atoms with van der Waals surface area (Å²) < 4.78 is 69.6. The number of hydrogen-bond acceptors (Lipinski definition) is 4. The second-order valence-corrected chi connectivity index (χ2v) is 7.25. The van der Waals surface area contributed by atoms with Crippen molar-refractivity contribution in [1.29, 1.82) is 0 Å². The quantitative estimate of drug-likeness (QED) is 0.562. The lowest BCUT2D eigenvalue weighted by molar-refractivity contribution is -0.274. The number of halogens is 5. The first kappa shape index (κ1) is 22.4. The third-order valence-corrected chi connectivity index (χ3v) is 5.18. The van der Waals surface area contributed by atoms with Crippen LogP contribution in [0.25, 0.3) is 10.2 Å². The molecule has 12 heteroatoms. The first-order chi connectivity index (χ1) is 14.5. The largest absolute Gasteiger partial charge is 0.573 e. The number of carboxylic acid groups (broad SMARTS) is 1. The highest BCUT2D eigenvalue weighted by Crippen LogP contribution is 2.26. The maximum atomic E-state index is 13.8. The fraction of sp³-hybridized carbons (Fsp3) is 0.211. The van der Waals surface area contributed by atoms with E-state index in [0.717, 1.165) is 46.2 Å². The lowest BCUT2D eigenvalue weighted by Crippen LogP contribution is -2.27. The van der Waals surface area contributed by atoms with Gasteiger partial charge in [0.15, 0.2) is 16.4 Å². The summed E-state index contributed by atoms with van der Waals surface area (Å²) in [7, 11) is 0. The Bertz CT molecular complexity index is 1230. The number of hydrogen-bond donors (Lipinski definition) is 1. The Morgan fingerprint density at radius 1 is 1.19 bits per heavy atom. The minimum absolute atomic E-state index is 0.0128. The SMILES string of the molecule is CCC(C(=O)O)n1c(=NC(=O)c2cccc(OC(F)(F)F)c2)sc2cc(F)c(F)cc21. The Morgan fingerprint density at radius 3 is 2.48 bits per heavy atom. The monoisotopic (exact) mass is 460 g/mol. The molecule has 0 aliphatic heterocycles. The summed E-state index contributed by atoms with van der Waals surface area (Å²) in [5, 5.41) is 9.51. The number of amides is 1. The molecule has 1 N–H and O–H groups in total. The number of nitrogens with zero attached hydrogens (tertiary/aromatic N) is 2. The summed E-state index contributed by atoms with van der Waals surface area (Å²) in [5.41, 5.74) is -0.245. The van der Waals surface area contributed by atoms with E-state index in [1.165, 1.54) is 6.07 Å². The number of carbonyl (C=O) groups excluding carboxylic acids is 1. The number of benzene rings is 2. The predicted molar refractivity (Wildman–Crippen MR) is 99.7 cm³/mol. The molecule has 0 radical (unpaired) electrons. The van der Waals surface area contributed by atoms with E-state index in [4.69, 9.17) is 0 Å². The van der Waals surface area contributed by atoms with Gasteiger partial charge in [-0.2, -0.15) is 4.99 Å². The van der Waals surface area contributed by atoms with Crippen molar-refractivity contribution >= 4 is 33.4 Å². The van der Waals surface area contributed by atoms with E-state index >= 15 is 0 Å². The van der Waals surface area contributed by atoms with Crippen LogP contribution in [-0.2, 0) is 4.79 Å². The molecule has 3 rings (SSSR count). The molecule has 1 unspecified atom stereocenters. The highest BCUT2D eigenvalue weighted by molar-refractivity contribution is 7.16. The average Bonchev–Trinajstić information content (AvgIpc) is 2.98. The van der Waals surface area contributed by atoms with E-state index in [9.17, 15) is 36.6 Å². The lowest BCUT2D eigenvalue weighted by atomic mass is 10.2. The van der Waals surface area contributed by atoms with Crippen molar-refractivity contribution in [3.8, 4) is 5.75 Å². The van der Waals surface area contributed by atoms with E-state index in [-0.39, 0.29) is 27.0 Å². The van der Waals surface area contributed by atoms with E-state index in [1.807, 2.05) is 0 Å². The Kier molecular flexibility index (Phi) is 6.11. The van der Waals surface area contributed by atoms with Gasteiger partial charge in [0.1, 0.15) is 11.8 Å². The first-order valence-corrected chi connectivity index (χ1v) is 9.49. The van der Waals surface area contributed by atoms with Crippen LogP contribution in [0, 0.1) is 11.6 Å². The number of rotatable bonds is 5. The van der Waals surface area contributed by atoms with Crippen molar-refractivity contribution < 1.29 is 41.4 Å². The summed E-state index contributed by atoms with van der Waals surface area (Å²) in [6.07, 6.45) is -4.92. The zero-order chi connectivity index (χ0) is 22.9. The van der Waals surface area contributed by atoms with Gasteiger partial charge >= 0.3 is 12.3 Å². The third-order valence-electron chi connectivity index (χ3n) is 4.16. The first-order valence-electron chi connectivity index (χ1n) is 8.68. The van der Waals surface area contributed by atoms with Gasteiger partial charge in [0.25, 0.3) is 5.91 Å². The molecule has 2 aromatic carbocycles. The summed E-state index contributed by atoms with van der Waals surface area (Å²) in [5.74, 6) is -5.30. The van der Waals surface area contributed by atoms with Gasteiger partial charge in [0.05, 0.1) is 10.2 Å². The van der Waals surface area contributed by atoms with Gasteiger partial charge in [-0.1, -0.05) is 24.3 Å². The molecular weight excluding hydrogens is 447 g/mol. The van der Waals surface area contributed by atoms with Gasteiger partial charge in [-0.25, -0.2) is 13.6 Å². The Balaban J connectivity index is 2.16. The van der Waals surface area contributed by atoms with E-state index < -0.39 is 41.7 Å². The molecule has 6 nitrogen and oxygen atoms in total. The van der Waals surface area contributed by atoms with Crippen LogP contribution in [0.1, 0.15) is 29.7 Å². The van der Waals surface area contributed by atoms with E-state index in [2.05, 4.69) is 9.73 Å². The molecule has 3 aromatic rings. The van der Waals surface area contributed by atoms with Gasteiger partial charge in [-0.15, -0.1) is 13.2 Å². The topological polar surface area (TPSA) is 80.9 Å². The smallest absolute Gasteiger partial charge is 0.480 e. The predicted octanol–water partition coefficient (Wildman–Crippen LogP) is 4.66. The summed E-state index contributed by atoms with van der Waals surface area (Å²) >= 11 is 0.739. The number of alkyl halides is 3. The number of aromatic nitrogens is 1. The zero-order valence-electron chi connectivity index (χ0n) is 15.6. The second-order valence-electron chi connectivity index (χ2n) is 6.24.